The van der Waals surface area contributed by atoms with Crippen molar-refractivity contribution in [2.75, 3.05) is 27.2 Å². The van der Waals surface area contributed by atoms with Gasteiger partial charge in [0, 0.05) is 19.4 Å². The lowest BCUT2D eigenvalue weighted by Gasteiger charge is -2.09. The molecule has 0 aliphatic carbocycles. The molecule has 1 aromatic rings. The van der Waals surface area contributed by atoms with E-state index in [0.29, 0.717) is 12.3 Å². The van der Waals surface area contributed by atoms with Gasteiger partial charge in [0.1, 0.15) is 0 Å². The summed E-state index contributed by atoms with van der Waals surface area (Å²) in [5, 5.41) is 2.79. The van der Waals surface area contributed by atoms with Gasteiger partial charge in [-0.15, -0.1) is 0 Å². The van der Waals surface area contributed by atoms with Crippen LogP contribution < -0.4 is 5.32 Å². The highest BCUT2D eigenvalue weighted by Gasteiger charge is 2.10. The van der Waals surface area contributed by atoms with E-state index in [1.165, 1.54) is 6.26 Å². The molecule has 0 aliphatic heterocycles. The fourth-order valence-electron chi connectivity index (χ4n) is 1.50. The van der Waals surface area contributed by atoms with E-state index in [1.807, 2.05) is 14.1 Å². The largest absolute Gasteiger partial charge is 0.461 e. The Kier molecular flexibility index (Phi) is 6.14. The van der Waals surface area contributed by atoms with E-state index in [0.717, 1.165) is 13.0 Å². The summed E-state index contributed by atoms with van der Waals surface area (Å²) in [5.41, 5.74) is 0. The topological polar surface area (TPSA) is 62.6 Å². The molecule has 0 saturated heterocycles. The van der Waals surface area contributed by atoms with Crippen molar-refractivity contribution in [3.63, 3.8) is 0 Å². The number of hydrogen-bond donors (Lipinski definition) is 1. The van der Waals surface area contributed by atoms with E-state index in [4.69, 9.17) is 4.42 Å². The molecular formula is C13H20N2O3. The van der Waals surface area contributed by atoms with Gasteiger partial charge in [-0.2, -0.15) is 0 Å². The molecular weight excluding hydrogens is 232 g/mol. The molecule has 0 aliphatic rings. The second-order valence-corrected chi connectivity index (χ2v) is 4.41. The fraction of sp³-hybridized carbons (Fsp3) is 0.538. The summed E-state index contributed by atoms with van der Waals surface area (Å²) in [6, 6.07) is 3.27. The van der Waals surface area contributed by atoms with Crippen LogP contribution in [0.4, 0.5) is 0 Å². The highest BCUT2D eigenvalue weighted by atomic mass is 16.3. The van der Waals surface area contributed by atoms with Gasteiger partial charge in [0.2, 0.25) is 5.91 Å². The smallest absolute Gasteiger partial charge is 0.220 e. The summed E-state index contributed by atoms with van der Waals surface area (Å²) in [6.45, 7) is 1.58. The second kappa shape index (κ2) is 7.66. The minimum Gasteiger partial charge on any atom is -0.461 e. The number of amides is 1. The van der Waals surface area contributed by atoms with Gasteiger partial charge >= 0.3 is 0 Å². The molecule has 1 amide bonds. The third-order valence-corrected chi connectivity index (χ3v) is 2.48. The Labute approximate surface area is 107 Å². The summed E-state index contributed by atoms with van der Waals surface area (Å²) in [6.07, 6.45) is 2.76. The molecule has 0 spiro atoms. The summed E-state index contributed by atoms with van der Waals surface area (Å²) in [5.74, 6) is 0.0903. The molecule has 1 N–H and O–H groups in total. The van der Waals surface area contributed by atoms with E-state index < -0.39 is 0 Å². The maximum atomic E-state index is 11.5. The van der Waals surface area contributed by atoms with Gasteiger partial charge in [0.05, 0.1) is 6.26 Å². The zero-order valence-corrected chi connectivity index (χ0v) is 10.9. The Morgan fingerprint density at radius 2 is 2.11 bits per heavy atom. The SMILES string of the molecule is CN(C)CCCNC(=O)CCC(=O)c1ccco1. The molecule has 0 fully saturated rings. The Morgan fingerprint density at radius 1 is 1.33 bits per heavy atom. The van der Waals surface area contributed by atoms with Crippen LogP contribution in [0.25, 0.3) is 0 Å². The zero-order valence-electron chi connectivity index (χ0n) is 10.9. The van der Waals surface area contributed by atoms with Gasteiger partial charge < -0.3 is 14.6 Å². The monoisotopic (exact) mass is 252 g/mol. The lowest BCUT2D eigenvalue weighted by Crippen LogP contribution is -2.27. The highest BCUT2D eigenvalue weighted by molar-refractivity contribution is 5.95. The lowest BCUT2D eigenvalue weighted by atomic mass is 10.2. The number of furan rings is 1. The predicted octanol–water partition coefficient (Wildman–Crippen LogP) is 1.31. The first-order valence-electron chi connectivity index (χ1n) is 6.07. The lowest BCUT2D eigenvalue weighted by molar-refractivity contribution is -0.121. The Bertz CT molecular complexity index is 372. The minimum absolute atomic E-state index is 0.0892. The van der Waals surface area contributed by atoms with Crippen LogP contribution in [0, 0.1) is 0 Å². The maximum Gasteiger partial charge on any atom is 0.220 e. The van der Waals surface area contributed by atoms with Crippen molar-refractivity contribution in [3.8, 4) is 0 Å². The molecule has 1 heterocycles. The molecule has 1 rings (SSSR count). The summed E-state index contributed by atoms with van der Waals surface area (Å²) in [7, 11) is 3.98. The molecule has 0 unspecified atom stereocenters. The quantitative estimate of drug-likeness (QED) is 0.559. The van der Waals surface area contributed by atoms with Gasteiger partial charge in [0.25, 0.3) is 0 Å². The maximum absolute atomic E-state index is 11.5. The van der Waals surface area contributed by atoms with Gasteiger partial charge in [-0.05, 0) is 39.2 Å². The van der Waals surface area contributed by atoms with Crippen LogP contribution in [0.5, 0.6) is 0 Å². The number of Topliss-reactive ketones (excluding diaryl/α,β-unsaturated/α-hetero) is 1. The zero-order chi connectivity index (χ0) is 13.4. The van der Waals surface area contributed by atoms with Crippen molar-refractivity contribution in [2.45, 2.75) is 19.3 Å². The van der Waals surface area contributed by atoms with Gasteiger partial charge in [-0.25, -0.2) is 0 Å². The number of hydrogen-bond acceptors (Lipinski definition) is 4. The molecule has 100 valence electrons. The van der Waals surface area contributed by atoms with Crippen LogP contribution in [0.2, 0.25) is 0 Å². The number of nitrogens with one attached hydrogen (secondary N) is 1. The van der Waals surface area contributed by atoms with Crippen LogP contribution in [0.15, 0.2) is 22.8 Å². The van der Waals surface area contributed by atoms with Crippen LogP contribution in [-0.2, 0) is 4.79 Å². The van der Waals surface area contributed by atoms with Crippen LogP contribution in [0.1, 0.15) is 29.8 Å². The molecule has 0 bridgehead atoms. The Morgan fingerprint density at radius 3 is 2.72 bits per heavy atom. The van der Waals surface area contributed by atoms with E-state index >= 15 is 0 Å². The van der Waals surface area contributed by atoms with E-state index in [2.05, 4.69) is 10.2 Å². The second-order valence-electron chi connectivity index (χ2n) is 4.41. The number of carbonyl (C=O) groups is 2. The van der Waals surface area contributed by atoms with Crippen molar-refractivity contribution < 1.29 is 14.0 Å². The Hall–Kier alpha value is -1.62. The minimum atomic E-state index is -0.136. The van der Waals surface area contributed by atoms with E-state index in [-0.39, 0.29) is 24.5 Å². The third kappa shape index (κ3) is 5.63. The standard InChI is InChI=1S/C13H20N2O3/c1-15(2)9-4-8-14-13(17)7-6-11(16)12-5-3-10-18-12/h3,5,10H,4,6-9H2,1-2H3,(H,14,17). The first-order valence-corrected chi connectivity index (χ1v) is 6.07. The number of nitrogens with zero attached hydrogens (tertiary/aromatic N) is 1. The molecule has 1 aromatic heterocycles. The predicted molar refractivity (Wildman–Crippen MR) is 68.5 cm³/mol. The molecule has 0 aromatic carbocycles. The average molecular weight is 252 g/mol. The van der Waals surface area contributed by atoms with E-state index in [9.17, 15) is 9.59 Å². The van der Waals surface area contributed by atoms with Crippen molar-refractivity contribution in [1.82, 2.24) is 10.2 Å². The third-order valence-electron chi connectivity index (χ3n) is 2.48. The number of carbonyl (C=O) groups excluding carboxylic acids is 2. The molecule has 18 heavy (non-hydrogen) atoms. The highest BCUT2D eigenvalue weighted by Crippen LogP contribution is 2.05. The number of rotatable bonds is 8. The summed E-state index contributed by atoms with van der Waals surface area (Å²) in [4.78, 5) is 25.1. The number of ketones is 1. The van der Waals surface area contributed by atoms with Crippen molar-refractivity contribution in [3.05, 3.63) is 24.2 Å². The molecule has 0 atom stereocenters. The average Bonchev–Trinajstić information content (AvgIpc) is 2.85. The normalized spacial score (nSPS) is 10.6. The first kappa shape index (κ1) is 14.4. The van der Waals surface area contributed by atoms with Crippen molar-refractivity contribution in [2.24, 2.45) is 0 Å². The van der Waals surface area contributed by atoms with Crippen LogP contribution in [-0.4, -0.2) is 43.8 Å². The molecule has 0 saturated carbocycles. The molecule has 0 radical (unpaired) electrons. The van der Waals surface area contributed by atoms with Crippen molar-refractivity contribution in [1.29, 1.82) is 0 Å². The molecule has 5 heteroatoms. The summed E-state index contributed by atoms with van der Waals surface area (Å²) < 4.78 is 4.97. The van der Waals surface area contributed by atoms with Crippen LogP contribution >= 0.6 is 0 Å². The molecule has 5 nitrogen and oxygen atoms in total. The van der Waals surface area contributed by atoms with Crippen LogP contribution in [0.3, 0.4) is 0 Å². The van der Waals surface area contributed by atoms with Crippen molar-refractivity contribution >= 4 is 11.7 Å². The van der Waals surface area contributed by atoms with E-state index in [1.54, 1.807) is 12.1 Å². The fourth-order valence-corrected chi connectivity index (χ4v) is 1.50. The van der Waals surface area contributed by atoms with Gasteiger partial charge in [-0.3, -0.25) is 9.59 Å². The van der Waals surface area contributed by atoms with Gasteiger partial charge in [-0.1, -0.05) is 0 Å². The summed E-state index contributed by atoms with van der Waals surface area (Å²) >= 11 is 0. The Balaban J connectivity index is 2.12. The van der Waals surface area contributed by atoms with Gasteiger partial charge in [0.15, 0.2) is 11.5 Å². The first-order chi connectivity index (χ1) is 8.59.